The predicted octanol–water partition coefficient (Wildman–Crippen LogP) is 3.11. The van der Waals surface area contributed by atoms with Gasteiger partial charge < -0.3 is 18.8 Å². The number of carbonyl (C=O) groups is 1. The van der Waals surface area contributed by atoms with Crippen LogP contribution in [-0.2, 0) is 10.0 Å². The molecule has 8 nitrogen and oxygen atoms in total. The van der Waals surface area contributed by atoms with Crippen LogP contribution in [0.25, 0.3) is 5.69 Å². The van der Waals surface area contributed by atoms with Crippen LogP contribution in [0.5, 0.6) is 17.2 Å². The number of benzene rings is 2. The summed E-state index contributed by atoms with van der Waals surface area (Å²) in [5.74, 6) is 0.959. The summed E-state index contributed by atoms with van der Waals surface area (Å²) in [7, 11) is 1.08. The number of rotatable bonds is 8. The van der Waals surface area contributed by atoms with Crippen molar-refractivity contribution in [3.63, 3.8) is 0 Å². The van der Waals surface area contributed by atoms with Crippen LogP contribution >= 0.6 is 0 Å². The maximum atomic E-state index is 13.0. The first-order valence-electron chi connectivity index (χ1n) is 8.86. The van der Waals surface area contributed by atoms with E-state index in [0.717, 1.165) is 6.26 Å². The first kappa shape index (κ1) is 21.3. The Hall–Kier alpha value is -3.46. The minimum atomic E-state index is -3.39. The zero-order valence-electron chi connectivity index (χ0n) is 17.0. The molecule has 9 heteroatoms. The molecule has 0 saturated heterocycles. The number of anilines is 1. The van der Waals surface area contributed by atoms with E-state index in [0.29, 0.717) is 39.8 Å². The Balaban J connectivity index is 1.93. The van der Waals surface area contributed by atoms with Crippen molar-refractivity contribution in [3.05, 3.63) is 66.0 Å². The topological polar surface area (TPSA) is 95.9 Å². The number of methoxy groups -OCH3 is 3. The predicted molar refractivity (Wildman–Crippen MR) is 114 cm³/mol. The monoisotopic (exact) mass is 430 g/mol. The molecule has 0 fully saturated rings. The summed E-state index contributed by atoms with van der Waals surface area (Å²) in [6.07, 6.45) is 4.49. The number of hydrogen-bond acceptors (Lipinski definition) is 6. The van der Waals surface area contributed by atoms with E-state index in [4.69, 9.17) is 14.2 Å². The van der Waals surface area contributed by atoms with Gasteiger partial charge in [0.25, 0.3) is 0 Å². The maximum absolute atomic E-state index is 13.0. The highest BCUT2D eigenvalue weighted by molar-refractivity contribution is 7.92. The van der Waals surface area contributed by atoms with Crippen LogP contribution in [0.2, 0.25) is 0 Å². The molecule has 0 saturated carbocycles. The molecule has 0 radical (unpaired) electrons. The average Bonchev–Trinajstić information content (AvgIpc) is 3.21. The Morgan fingerprint density at radius 1 is 0.933 bits per heavy atom. The Morgan fingerprint density at radius 2 is 1.60 bits per heavy atom. The van der Waals surface area contributed by atoms with Gasteiger partial charge in [0.1, 0.15) is 0 Å². The number of nitrogens with one attached hydrogen (secondary N) is 1. The van der Waals surface area contributed by atoms with Gasteiger partial charge in [0, 0.05) is 29.2 Å². The van der Waals surface area contributed by atoms with Crippen molar-refractivity contribution < 1.29 is 27.4 Å². The summed E-state index contributed by atoms with van der Waals surface area (Å²) in [5, 5.41) is 0. The lowest BCUT2D eigenvalue weighted by Gasteiger charge is -2.13. The molecular weight excluding hydrogens is 408 g/mol. The lowest BCUT2D eigenvalue weighted by atomic mass is 10.0. The minimum absolute atomic E-state index is 0.224. The Kier molecular flexibility index (Phi) is 6.02. The third kappa shape index (κ3) is 4.57. The quantitative estimate of drug-likeness (QED) is 0.552. The van der Waals surface area contributed by atoms with Crippen molar-refractivity contribution in [2.24, 2.45) is 0 Å². The third-order valence-corrected chi connectivity index (χ3v) is 4.94. The molecular formula is C21H22N2O6S. The normalized spacial score (nSPS) is 11.1. The molecule has 0 amide bonds. The summed E-state index contributed by atoms with van der Waals surface area (Å²) >= 11 is 0. The number of nitrogens with zero attached hydrogens (tertiary/aromatic N) is 1. The lowest BCUT2D eigenvalue weighted by molar-refractivity contribution is 0.103. The number of ketones is 1. The first-order valence-corrected chi connectivity index (χ1v) is 10.8. The van der Waals surface area contributed by atoms with E-state index >= 15 is 0 Å². The molecule has 0 spiro atoms. The number of carbonyl (C=O) groups excluding carboxylic acids is 1. The van der Waals surface area contributed by atoms with E-state index in [1.54, 1.807) is 59.4 Å². The first-order chi connectivity index (χ1) is 14.3. The minimum Gasteiger partial charge on any atom is -0.493 e. The maximum Gasteiger partial charge on any atom is 0.229 e. The smallest absolute Gasteiger partial charge is 0.229 e. The molecule has 30 heavy (non-hydrogen) atoms. The fourth-order valence-electron chi connectivity index (χ4n) is 3.01. The van der Waals surface area contributed by atoms with Gasteiger partial charge in [0.15, 0.2) is 17.3 Å². The third-order valence-electron chi connectivity index (χ3n) is 4.33. The second-order valence-corrected chi connectivity index (χ2v) is 8.22. The van der Waals surface area contributed by atoms with Crippen LogP contribution in [0.3, 0.4) is 0 Å². The summed E-state index contributed by atoms with van der Waals surface area (Å²) in [5.41, 5.74) is 1.97. The van der Waals surface area contributed by atoms with Crippen molar-refractivity contribution in [1.82, 2.24) is 4.57 Å². The average molecular weight is 430 g/mol. The molecule has 3 aromatic rings. The number of hydrogen-bond donors (Lipinski definition) is 1. The second kappa shape index (κ2) is 8.50. The van der Waals surface area contributed by atoms with Gasteiger partial charge in [-0.05, 0) is 36.4 Å². The van der Waals surface area contributed by atoms with Crippen molar-refractivity contribution in [2.45, 2.75) is 0 Å². The molecule has 1 N–H and O–H groups in total. The van der Waals surface area contributed by atoms with Gasteiger partial charge in [-0.15, -0.1) is 0 Å². The van der Waals surface area contributed by atoms with E-state index in [-0.39, 0.29) is 5.78 Å². The van der Waals surface area contributed by atoms with Crippen LogP contribution < -0.4 is 18.9 Å². The van der Waals surface area contributed by atoms with Crippen molar-refractivity contribution >= 4 is 21.5 Å². The van der Waals surface area contributed by atoms with Gasteiger partial charge in [-0.1, -0.05) is 6.07 Å². The van der Waals surface area contributed by atoms with E-state index < -0.39 is 10.0 Å². The number of aromatic nitrogens is 1. The fourth-order valence-corrected chi connectivity index (χ4v) is 3.57. The summed E-state index contributed by atoms with van der Waals surface area (Å²) in [6.45, 7) is 0. The summed E-state index contributed by atoms with van der Waals surface area (Å²) < 4.78 is 43.0. The molecule has 0 aliphatic heterocycles. The molecule has 0 atom stereocenters. The highest BCUT2D eigenvalue weighted by Gasteiger charge is 2.19. The second-order valence-electron chi connectivity index (χ2n) is 6.48. The van der Waals surface area contributed by atoms with E-state index in [1.165, 1.54) is 21.3 Å². The zero-order valence-corrected chi connectivity index (χ0v) is 17.8. The van der Waals surface area contributed by atoms with E-state index in [2.05, 4.69) is 4.72 Å². The molecule has 1 aromatic heterocycles. The van der Waals surface area contributed by atoms with E-state index in [9.17, 15) is 13.2 Å². The van der Waals surface area contributed by atoms with Crippen molar-refractivity contribution in [1.29, 1.82) is 0 Å². The Morgan fingerprint density at radius 3 is 2.17 bits per heavy atom. The van der Waals surface area contributed by atoms with Crippen LogP contribution in [0.4, 0.5) is 5.69 Å². The number of sulfonamides is 1. The fraction of sp³-hybridized carbons (Fsp3) is 0.190. The molecule has 0 unspecified atom stereocenters. The summed E-state index contributed by atoms with van der Waals surface area (Å²) in [4.78, 5) is 13.0. The standard InChI is InChI=1S/C21H22N2O6S/c1-27-18-10-15(11-19(28-2)21(18)29-3)20(24)14-8-9-23(13-14)17-7-5-6-16(12-17)22-30(4,25)26/h5-13,22H,1-4H3. The summed E-state index contributed by atoms with van der Waals surface area (Å²) in [6, 6.07) is 11.7. The molecule has 158 valence electrons. The van der Waals surface area contributed by atoms with Gasteiger partial charge in [-0.2, -0.15) is 0 Å². The molecule has 3 rings (SSSR count). The Labute approximate surface area is 175 Å². The van der Waals surface area contributed by atoms with Crippen LogP contribution in [0.15, 0.2) is 54.9 Å². The highest BCUT2D eigenvalue weighted by atomic mass is 32.2. The van der Waals surface area contributed by atoms with Crippen LogP contribution in [-0.4, -0.2) is 46.4 Å². The molecule has 0 aliphatic carbocycles. The van der Waals surface area contributed by atoms with Gasteiger partial charge in [0.2, 0.25) is 15.8 Å². The van der Waals surface area contributed by atoms with Gasteiger partial charge in [-0.3, -0.25) is 9.52 Å². The van der Waals surface area contributed by atoms with Crippen molar-refractivity contribution in [2.75, 3.05) is 32.3 Å². The van der Waals surface area contributed by atoms with E-state index in [1.807, 2.05) is 0 Å². The van der Waals surface area contributed by atoms with Gasteiger partial charge in [-0.25, -0.2) is 8.42 Å². The molecule has 0 aliphatic rings. The molecule has 1 heterocycles. The van der Waals surface area contributed by atoms with Gasteiger partial charge in [0.05, 0.1) is 33.3 Å². The van der Waals surface area contributed by atoms with Crippen LogP contribution in [0, 0.1) is 0 Å². The largest absolute Gasteiger partial charge is 0.493 e. The van der Waals surface area contributed by atoms with Crippen LogP contribution in [0.1, 0.15) is 15.9 Å². The highest BCUT2D eigenvalue weighted by Crippen LogP contribution is 2.38. The lowest BCUT2D eigenvalue weighted by Crippen LogP contribution is -2.09. The zero-order chi connectivity index (χ0) is 21.9. The molecule has 0 bridgehead atoms. The SMILES string of the molecule is COc1cc(C(=O)c2ccn(-c3cccc(NS(C)(=O)=O)c3)c2)cc(OC)c1OC. The van der Waals surface area contributed by atoms with Crippen molar-refractivity contribution in [3.8, 4) is 22.9 Å². The molecule has 2 aromatic carbocycles. The Bertz CT molecular complexity index is 1160. The van der Waals surface area contributed by atoms with Gasteiger partial charge >= 0.3 is 0 Å². The number of ether oxygens (including phenoxy) is 3.